The summed E-state index contributed by atoms with van der Waals surface area (Å²) in [6.07, 6.45) is 1.71. The van der Waals surface area contributed by atoms with Crippen molar-refractivity contribution in [1.29, 1.82) is 0 Å². The highest BCUT2D eigenvalue weighted by molar-refractivity contribution is 5.76. The Morgan fingerprint density at radius 3 is 2.83 bits per heavy atom. The van der Waals surface area contributed by atoms with Crippen molar-refractivity contribution in [3.8, 4) is 0 Å². The molecule has 160 valence electrons. The summed E-state index contributed by atoms with van der Waals surface area (Å²) < 4.78 is 8.25. The number of amides is 1. The van der Waals surface area contributed by atoms with E-state index in [1.54, 1.807) is 10.9 Å². The van der Waals surface area contributed by atoms with Crippen LogP contribution in [0.5, 0.6) is 0 Å². The number of anilines is 1. The number of aromatic nitrogens is 4. The van der Waals surface area contributed by atoms with Gasteiger partial charge in [0.25, 0.3) is 0 Å². The molecule has 3 aliphatic heterocycles. The number of aliphatic hydroxyl groups is 1. The molecule has 9 heteroatoms. The molecule has 4 atom stereocenters. The number of aryl methyl sites for hydroxylation is 3. The fourth-order valence-electron chi connectivity index (χ4n) is 5.48. The van der Waals surface area contributed by atoms with Gasteiger partial charge >= 0.3 is 0 Å². The number of likely N-dealkylation sites (tertiary alicyclic amines) is 1. The Morgan fingerprint density at radius 1 is 1.30 bits per heavy atom. The SMILES string of the molecule is Cc1cc(C)n(CC(=O)N2C[C@@H]3[C@H](CO)[C@H]4CN(c5ccnc(C)n5)C[C@]3(C2)O4)n1. The summed E-state index contributed by atoms with van der Waals surface area (Å²) in [5.41, 5.74) is 1.41. The molecule has 0 aliphatic carbocycles. The number of fused-ring (bicyclic) bond motifs is 1. The van der Waals surface area contributed by atoms with Gasteiger partial charge in [-0.05, 0) is 32.9 Å². The zero-order valence-corrected chi connectivity index (χ0v) is 17.7. The lowest BCUT2D eigenvalue weighted by molar-refractivity contribution is -0.134. The number of hydrogen-bond donors (Lipinski definition) is 1. The Hall–Kier alpha value is -2.52. The smallest absolute Gasteiger partial charge is 0.244 e. The summed E-state index contributed by atoms with van der Waals surface area (Å²) in [5, 5.41) is 14.5. The lowest BCUT2D eigenvalue weighted by Crippen LogP contribution is -2.55. The number of carbonyl (C=O) groups excluding carboxylic acids is 1. The maximum absolute atomic E-state index is 13.1. The van der Waals surface area contributed by atoms with Crippen molar-refractivity contribution in [3.05, 3.63) is 35.5 Å². The van der Waals surface area contributed by atoms with Crippen molar-refractivity contribution in [1.82, 2.24) is 24.6 Å². The molecule has 1 N–H and O–H groups in total. The van der Waals surface area contributed by atoms with Gasteiger partial charge in [0.2, 0.25) is 5.91 Å². The van der Waals surface area contributed by atoms with E-state index in [-0.39, 0.29) is 37.0 Å². The quantitative estimate of drug-likeness (QED) is 0.773. The van der Waals surface area contributed by atoms with Crippen molar-refractivity contribution in [2.75, 3.05) is 37.7 Å². The second-order valence-electron chi connectivity index (χ2n) is 8.88. The monoisotopic (exact) mass is 412 g/mol. The third kappa shape index (κ3) is 3.07. The maximum Gasteiger partial charge on any atom is 0.244 e. The number of morpholine rings is 1. The van der Waals surface area contributed by atoms with Gasteiger partial charge in [-0.1, -0.05) is 0 Å². The standard InChI is InChI=1S/C21H28N6O3/c1-13-6-14(2)27(24-13)9-20(29)26-7-17-16(10-28)18-8-25(11-21(17,12-26)30-18)19-4-5-22-15(3)23-19/h4-6,16-18,28H,7-12H2,1-3H3/t16-,17+,18+,21+/m0/s1. The average molecular weight is 412 g/mol. The van der Waals surface area contributed by atoms with E-state index >= 15 is 0 Å². The topological polar surface area (TPSA) is 96.6 Å². The first-order chi connectivity index (χ1) is 14.4. The Labute approximate surface area is 175 Å². The summed E-state index contributed by atoms with van der Waals surface area (Å²) >= 11 is 0. The molecule has 2 aromatic heterocycles. The first-order valence-electron chi connectivity index (χ1n) is 10.5. The second kappa shape index (κ2) is 7.02. The van der Waals surface area contributed by atoms with E-state index in [1.165, 1.54) is 0 Å². The maximum atomic E-state index is 13.1. The Balaban J connectivity index is 1.38. The van der Waals surface area contributed by atoms with Gasteiger partial charge in [0.1, 0.15) is 23.8 Å². The van der Waals surface area contributed by atoms with Crippen LogP contribution >= 0.6 is 0 Å². The molecule has 1 spiro atoms. The van der Waals surface area contributed by atoms with Crippen molar-refractivity contribution >= 4 is 11.7 Å². The lowest BCUT2D eigenvalue weighted by atomic mass is 9.83. The Morgan fingerprint density at radius 2 is 2.13 bits per heavy atom. The van der Waals surface area contributed by atoms with E-state index in [9.17, 15) is 9.90 Å². The molecule has 2 aromatic rings. The minimum absolute atomic E-state index is 0.0180. The summed E-state index contributed by atoms with van der Waals surface area (Å²) in [5.74, 6) is 1.78. The molecule has 1 amide bonds. The molecule has 0 aromatic carbocycles. The fourth-order valence-corrected chi connectivity index (χ4v) is 5.48. The molecule has 30 heavy (non-hydrogen) atoms. The van der Waals surface area contributed by atoms with E-state index in [0.717, 1.165) is 23.0 Å². The summed E-state index contributed by atoms with van der Waals surface area (Å²) in [4.78, 5) is 26.0. The van der Waals surface area contributed by atoms with Crippen LogP contribution in [-0.4, -0.2) is 80.2 Å². The van der Waals surface area contributed by atoms with E-state index in [2.05, 4.69) is 20.0 Å². The van der Waals surface area contributed by atoms with Crippen LogP contribution in [0.1, 0.15) is 17.2 Å². The highest BCUT2D eigenvalue weighted by atomic mass is 16.5. The van der Waals surface area contributed by atoms with Crippen LogP contribution in [0, 0.1) is 32.6 Å². The van der Waals surface area contributed by atoms with Crippen LogP contribution in [0.25, 0.3) is 0 Å². The van der Waals surface area contributed by atoms with Crippen LogP contribution in [0.4, 0.5) is 5.82 Å². The van der Waals surface area contributed by atoms with Crippen molar-refractivity contribution < 1.29 is 14.6 Å². The van der Waals surface area contributed by atoms with Gasteiger partial charge in [-0.25, -0.2) is 9.97 Å². The first-order valence-corrected chi connectivity index (χ1v) is 10.5. The molecule has 0 saturated carbocycles. The molecule has 3 aliphatic rings. The molecular formula is C21H28N6O3. The molecule has 9 nitrogen and oxygen atoms in total. The molecule has 3 saturated heterocycles. The average Bonchev–Trinajstić information content (AvgIpc) is 3.27. The molecule has 5 rings (SSSR count). The molecule has 0 unspecified atom stereocenters. The minimum Gasteiger partial charge on any atom is -0.396 e. The predicted octanol–water partition coefficient (Wildman–Crippen LogP) is 0.323. The summed E-state index contributed by atoms with van der Waals surface area (Å²) in [7, 11) is 0. The van der Waals surface area contributed by atoms with Gasteiger partial charge in [0.05, 0.1) is 24.9 Å². The first kappa shape index (κ1) is 19.4. The van der Waals surface area contributed by atoms with Gasteiger partial charge in [-0.2, -0.15) is 5.10 Å². The van der Waals surface area contributed by atoms with E-state index < -0.39 is 5.60 Å². The second-order valence-corrected chi connectivity index (χ2v) is 8.88. The van der Waals surface area contributed by atoms with Gasteiger partial charge in [0.15, 0.2) is 0 Å². The minimum atomic E-state index is -0.472. The Kier molecular flexibility index (Phi) is 4.55. The number of carbonyl (C=O) groups is 1. The van der Waals surface area contributed by atoms with Gasteiger partial charge in [-0.15, -0.1) is 0 Å². The van der Waals surface area contributed by atoms with Crippen molar-refractivity contribution in [3.63, 3.8) is 0 Å². The molecule has 0 radical (unpaired) electrons. The van der Waals surface area contributed by atoms with E-state index in [4.69, 9.17) is 4.74 Å². The summed E-state index contributed by atoms with van der Waals surface area (Å²) in [6.45, 7) is 8.55. The molecule has 5 heterocycles. The van der Waals surface area contributed by atoms with Crippen molar-refractivity contribution in [2.24, 2.45) is 11.8 Å². The van der Waals surface area contributed by atoms with Crippen LogP contribution in [0.2, 0.25) is 0 Å². The molecule has 2 bridgehead atoms. The number of hydrogen-bond acceptors (Lipinski definition) is 7. The highest BCUT2D eigenvalue weighted by Crippen LogP contribution is 2.49. The molecule has 3 fully saturated rings. The van der Waals surface area contributed by atoms with Crippen LogP contribution in [-0.2, 0) is 16.1 Å². The number of nitrogens with zero attached hydrogens (tertiary/aromatic N) is 6. The normalized spacial score (nSPS) is 30.1. The van der Waals surface area contributed by atoms with Gasteiger partial charge in [-0.3, -0.25) is 9.48 Å². The lowest BCUT2D eigenvalue weighted by Gasteiger charge is -2.41. The third-order valence-electron chi connectivity index (χ3n) is 6.83. The Bertz CT molecular complexity index is 977. The third-order valence-corrected chi connectivity index (χ3v) is 6.83. The largest absolute Gasteiger partial charge is 0.396 e. The fraction of sp³-hybridized carbons (Fsp3) is 0.619. The van der Waals surface area contributed by atoms with Crippen LogP contribution < -0.4 is 4.90 Å². The zero-order chi connectivity index (χ0) is 21.0. The van der Waals surface area contributed by atoms with Gasteiger partial charge in [0, 0.05) is 43.4 Å². The highest BCUT2D eigenvalue weighted by Gasteiger charge is 2.63. The number of aliphatic hydroxyl groups excluding tert-OH is 1. The molecular weight excluding hydrogens is 384 g/mol. The van der Waals surface area contributed by atoms with Crippen molar-refractivity contribution in [2.45, 2.75) is 39.0 Å². The van der Waals surface area contributed by atoms with Gasteiger partial charge < -0.3 is 19.6 Å². The van der Waals surface area contributed by atoms with Crippen LogP contribution in [0.15, 0.2) is 18.3 Å². The van der Waals surface area contributed by atoms with E-state index in [0.29, 0.717) is 26.2 Å². The predicted molar refractivity (Wildman–Crippen MR) is 109 cm³/mol. The van der Waals surface area contributed by atoms with E-state index in [1.807, 2.05) is 37.8 Å². The zero-order valence-electron chi connectivity index (χ0n) is 17.7. The van der Waals surface area contributed by atoms with Crippen LogP contribution in [0.3, 0.4) is 0 Å². The summed E-state index contributed by atoms with van der Waals surface area (Å²) in [6, 6.07) is 3.89. The number of rotatable bonds is 4. The number of ether oxygens (including phenoxy) is 1.